The van der Waals surface area contributed by atoms with Crippen molar-refractivity contribution in [2.75, 3.05) is 20.2 Å². The van der Waals surface area contributed by atoms with E-state index in [1.807, 2.05) is 0 Å². The average molecular weight is 355 g/mol. The van der Waals surface area contributed by atoms with Gasteiger partial charge in [0, 0.05) is 18.2 Å². The lowest BCUT2D eigenvalue weighted by Gasteiger charge is -2.17. The number of hydrogen-bond acceptors (Lipinski definition) is 5. The predicted octanol–water partition coefficient (Wildman–Crippen LogP) is 3.34. The molecule has 0 saturated carbocycles. The van der Waals surface area contributed by atoms with E-state index in [1.165, 1.54) is 12.1 Å². The summed E-state index contributed by atoms with van der Waals surface area (Å²) in [7, 11) is 1.70. The minimum Gasteiger partial charge on any atom is -0.492 e. The van der Waals surface area contributed by atoms with Crippen LogP contribution >= 0.6 is 0 Å². The number of carbonyl (C=O) groups is 1. The first kappa shape index (κ1) is 17.6. The average Bonchev–Trinajstić information content (AvgIpc) is 3.09. The minimum atomic E-state index is -0.316. The Morgan fingerprint density at radius 1 is 1.15 bits per heavy atom. The zero-order chi connectivity index (χ0) is 18.5. The molecule has 1 heterocycles. The number of likely N-dealkylation sites (N-methyl/N-ethyl adjacent to an activating group) is 1. The first-order valence-electron chi connectivity index (χ1n) is 8.07. The molecule has 0 atom stereocenters. The van der Waals surface area contributed by atoms with Gasteiger partial charge >= 0.3 is 0 Å². The maximum absolute atomic E-state index is 12.8. The van der Waals surface area contributed by atoms with E-state index < -0.39 is 0 Å². The molecule has 0 unspecified atom stereocenters. The molecule has 0 aliphatic heterocycles. The van der Waals surface area contributed by atoms with E-state index in [9.17, 15) is 9.18 Å². The van der Waals surface area contributed by atoms with Gasteiger partial charge in [-0.25, -0.2) is 4.39 Å². The summed E-state index contributed by atoms with van der Waals surface area (Å²) >= 11 is 0. The number of hydrogen-bond donors (Lipinski definition) is 0. The standard InChI is InChI=1S/C19H18FN3O3/c1-13-21-18(26-22-13)14-3-5-15(6-4-14)19(24)23(2)11-12-25-17-9-7-16(20)8-10-17/h3-10H,11-12H2,1-2H3. The van der Waals surface area contributed by atoms with Crippen LogP contribution in [-0.2, 0) is 0 Å². The largest absolute Gasteiger partial charge is 0.492 e. The summed E-state index contributed by atoms with van der Waals surface area (Å²) in [5.74, 6) is 1.10. The molecule has 0 aliphatic carbocycles. The number of amides is 1. The van der Waals surface area contributed by atoms with Crippen molar-refractivity contribution in [2.45, 2.75) is 6.92 Å². The lowest BCUT2D eigenvalue weighted by molar-refractivity contribution is 0.0774. The second-order valence-electron chi connectivity index (χ2n) is 5.75. The summed E-state index contributed by atoms with van der Waals surface area (Å²) in [5.41, 5.74) is 1.30. The molecule has 0 bridgehead atoms. The first-order chi connectivity index (χ1) is 12.5. The Kier molecular flexibility index (Phi) is 5.26. The van der Waals surface area contributed by atoms with Gasteiger partial charge in [-0.1, -0.05) is 5.16 Å². The van der Waals surface area contributed by atoms with Crippen LogP contribution < -0.4 is 4.74 Å². The third kappa shape index (κ3) is 4.24. The molecule has 0 aliphatic rings. The summed E-state index contributed by atoms with van der Waals surface area (Å²) in [6.45, 7) is 2.46. The number of ether oxygens (including phenoxy) is 1. The van der Waals surface area contributed by atoms with Crippen molar-refractivity contribution in [3.63, 3.8) is 0 Å². The smallest absolute Gasteiger partial charge is 0.257 e. The zero-order valence-electron chi connectivity index (χ0n) is 14.5. The number of nitrogens with zero attached hydrogens (tertiary/aromatic N) is 3. The number of rotatable bonds is 6. The van der Waals surface area contributed by atoms with Gasteiger partial charge in [0.2, 0.25) is 0 Å². The molecule has 6 nitrogen and oxygen atoms in total. The van der Waals surface area contributed by atoms with E-state index in [1.54, 1.807) is 55.3 Å². The highest BCUT2D eigenvalue weighted by Gasteiger charge is 2.13. The van der Waals surface area contributed by atoms with Crippen LogP contribution in [0.5, 0.6) is 5.75 Å². The fraction of sp³-hybridized carbons (Fsp3) is 0.211. The van der Waals surface area contributed by atoms with Gasteiger partial charge in [-0.15, -0.1) is 0 Å². The molecule has 3 rings (SSSR count). The van der Waals surface area contributed by atoms with Gasteiger partial charge in [-0.3, -0.25) is 4.79 Å². The third-order valence-corrected chi connectivity index (χ3v) is 3.76. The van der Waals surface area contributed by atoms with Crippen LogP contribution in [0.25, 0.3) is 11.5 Å². The number of aryl methyl sites for hydroxylation is 1. The van der Waals surface area contributed by atoms with Crippen LogP contribution in [0.1, 0.15) is 16.2 Å². The van der Waals surface area contributed by atoms with Gasteiger partial charge in [0.05, 0.1) is 6.54 Å². The van der Waals surface area contributed by atoms with Crippen molar-refractivity contribution < 1.29 is 18.4 Å². The lowest BCUT2D eigenvalue weighted by atomic mass is 10.1. The second-order valence-corrected chi connectivity index (χ2v) is 5.75. The number of benzene rings is 2. The van der Waals surface area contributed by atoms with Gasteiger partial charge in [0.15, 0.2) is 5.82 Å². The Morgan fingerprint density at radius 2 is 1.85 bits per heavy atom. The lowest BCUT2D eigenvalue weighted by Crippen LogP contribution is -2.30. The third-order valence-electron chi connectivity index (χ3n) is 3.76. The van der Waals surface area contributed by atoms with Crippen molar-refractivity contribution in [3.05, 3.63) is 65.7 Å². The first-order valence-corrected chi connectivity index (χ1v) is 8.07. The summed E-state index contributed by atoms with van der Waals surface area (Å²) in [4.78, 5) is 18.2. The summed E-state index contributed by atoms with van der Waals surface area (Å²) in [5, 5.41) is 3.75. The summed E-state index contributed by atoms with van der Waals surface area (Å²) in [6.07, 6.45) is 0. The summed E-state index contributed by atoms with van der Waals surface area (Å²) < 4.78 is 23.5. The molecule has 1 aromatic heterocycles. The molecule has 0 N–H and O–H groups in total. The summed E-state index contributed by atoms with van der Waals surface area (Å²) in [6, 6.07) is 12.7. The van der Waals surface area contributed by atoms with Crippen molar-refractivity contribution >= 4 is 5.91 Å². The van der Waals surface area contributed by atoms with Crippen LogP contribution in [0.4, 0.5) is 4.39 Å². The molecule has 26 heavy (non-hydrogen) atoms. The van der Waals surface area contributed by atoms with Gasteiger partial charge in [-0.2, -0.15) is 4.98 Å². The maximum Gasteiger partial charge on any atom is 0.257 e. The van der Waals surface area contributed by atoms with Crippen molar-refractivity contribution in [3.8, 4) is 17.2 Å². The van der Waals surface area contributed by atoms with Gasteiger partial charge in [-0.05, 0) is 55.5 Å². The molecule has 0 radical (unpaired) electrons. The van der Waals surface area contributed by atoms with E-state index in [-0.39, 0.29) is 11.7 Å². The van der Waals surface area contributed by atoms with E-state index >= 15 is 0 Å². The van der Waals surface area contributed by atoms with Gasteiger partial charge in [0.25, 0.3) is 11.8 Å². The highest BCUT2D eigenvalue weighted by molar-refractivity contribution is 5.94. The van der Waals surface area contributed by atoms with E-state index in [2.05, 4.69) is 10.1 Å². The monoisotopic (exact) mass is 355 g/mol. The van der Waals surface area contributed by atoms with E-state index in [0.717, 1.165) is 5.56 Å². The zero-order valence-corrected chi connectivity index (χ0v) is 14.5. The molecular weight excluding hydrogens is 337 g/mol. The minimum absolute atomic E-state index is 0.124. The second kappa shape index (κ2) is 7.77. The predicted molar refractivity (Wildman–Crippen MR) is 93.3 cm³/mol. The van der Waals surface area contributed by atoms with Crippen molar-refractivity contribution in [1.82, 2.24) is 15.0 Å². The highest BCUT2D eigenvalue weighted by Crippen LogP contribution is 2.18. The van der Waals surface area contributed by atoms with Crippen LogP contribution in [0.3, 0.4) is 0 Å². The van der Waals surface area contributed by atoms with Gasteiger partial charge < -0.3 is 14.2 Å². The Bertz CT molecular complexity index is 876. The fourth-order valence-corrected chi connectivity index (χ4v) is 2.32. The molecule has 1 amide bonds. The molecular formula is C19H18FN3O3. The molecule has 0 saturated heterocycles. The van der Waals surface area contributed by atoms with Crippen LogP contribution in [0, 0.1) is 12.7 Å². The molecule has 3 aromatic rings. The topological polar surface area (TPSA) is 68.5 Å². The normalized spacial score (nSPS) is 10.6. The molecule has 7 heteroatoms. The Labute approximate surface area is 150 Å². The van der Waals surface area contributed by atoms with Crippen LogP contribution in [0.2, 0.25) is 0 Å². The Morgan fingerprint density at radius 3 is 2.46 bits per heavy atom. The Balaban J connectivity index is 1.55. The van der Waals surface area contributed by atoms with E-state index in [4.69, 9.17) is 9.26 Å². The molecule has 0 fully saturated rings. The quantitative estimate of drug-likeness (QED) is 0.678. The fourth-order valence-electron chi connectivity index (χ4n) is 2.32. The molecule has 2 aromatic carbocycles. The maximum atomic E-state index is 12.8. The SMILES string of the molecule is Cc1noc(-c2ccc(C(=O)N(C)CCOc3ccc(F)cc3)cc2)n1. The van der Waals surface area contributed by atoms with Crippen molar-refractivity contribution in [2.24, 2.45) is 0 Å². The van der Waals surface area contributed by atoms with Crippen LogP contribution in [-0.4, -0.2) is 41.1 Å². The van der Waals surface area contributed by atoms with Gasteiger partial charge in [0.1, 0.15) is 18.2 Å². The molecule has 134 valence electrons. The highest BCUT2D eigenvalue weighted by atomic mass is 19.1. The number of carbonyl (C=O) groups excluding carboxylic acids is 1. The number of halogens is 1. The van der Waals surface area contributed by atoms with E-state index in [0.29, 0.717) is 36.2 Å². The van der Waals surface area contributed by atoms with Crippen molar-refractivity contribution in [1.29, 1.82) is 0 Å². The molecule has 0 spiro atoms. The Hall–Kier alpha value is -3.22. The number of aromatic nitrogens is 2. The van der Waals surface area contributed by atoms with Crippen LogP contribution in [0.15, 0.2) is 53.1 Å².